The number of hydrogen-bond acceptors (Lipinski definition) is 7. The Morgan fingerprint density at radius 2 is 2.11 bits per heavy atom. The Morgan fingerprint density at radius 3 is 2.79 bits per heavy atom. The van der Waals surface area contributed by atoms with Gasteiger partial charge in [-0.25, -0.2) is 9.78 Å². The summed E-state index contributed by atoms with van der Waals surface area (Å²) < 4.78 is 4.58. The first-order chi connectivity index (χ1) is 9.19. The van der Waals surface area contributed by atoms with Crippen LogP contribution < -0.4 is 5.32 Å². The van der Waals surface area contributed by atoms with Crippen molar-refractivity contribution in [1.29, 1.82) is 0 Å². The van der Waals surface area contributed by atoms with E-state index in [0.29, 0.717) is 12.4 Å². The van der Waals surface area contributed by atoms with Crippen LogP contribution in [-0.4, -0.2) is 33.0 Å². The molecule has 2 aromatic heterocycles. The standard InChI is InChI=1S/C12H13N5O2/c1-8-3-15-9(4-14-8)5-16-11-7-13-6-10(17-11)12(18)19-2/h3-4,6-7H,5H2,1-2H3,(H,16,17). The number of aryl methyl sites for hydroxylation is 1. The molecule has 2 heterocycles. The average molecular weight is 259 g/mol. The molecule has 2 rings (SSSR count). The van der Waals surface area contributed by atoms with Gasteiger partial charge in [0.15, 0.2) is 5.69 Å². The van der Waals surface area contributed by atoms with Crippen molar-refractivity contribution in [2.75, 3.05) is 12.4 Å². The summed E-state index contributed by atoms with van der Waals surface area (Å²) in [6.45, 7) is 2.32. The molecule has 0 aliphatic rings. The van der Waals surface area contributed by atoms with E-state index in [-0.39, 0.29) is 5.69 Å². The van der Waals surface area contributed by atoms with E-state index in [1.165, 1.54) is 19.5 Å². The van der Waals surface area contributed by atoms with Crippen LogP contribution in [0.5, 0.6) is 0 Å². The van der Waals surface area contributed by atoms with Crippen LogP contribution >= 0.6 is 0 Å². The summed E-state index contributed by atoms with van der Waals surface area (Å²) >= 11 is 0. The minimum absolute atomic E-state index is 0.155. The molecule has 0 unspecified atom stereocenters. The highest BCUT2D eigenvalue weighted by Gasteiger charge is 2.08. The number of ether oxygens (including phenoxy) is 1. The van der Waals surface area contributed by atoms with Crippen molar-refractivity contribution in [1.82, 2.24) is 19.9 Å². The van der Waals surface area contributed by atoms with Crippen molar-refractivity contribution in [3.8, 4) is 0 Å². The summed E-state index contributed by atoms with van der Waals surface area (Å²) in [4.78, 5) is 27.6. The van der Waals surface area contributed by atoms with Crippen LogP contribution in [0.1, 0.15) is 21.9 Å². The minimum atomic E-state index is -0.522. The fraction of sp³-hybridized carbons (Fsp3) is 0.250. The van der Waals surface area contributed by atoms with Crippen LogP contribution in [0.2, 0.25) is 0 Å². The van der Waals surface area contributed by atoms with Gasteiger partial charge in [0.1, 0.15) is 5.82 Å². The highest BCUT2D eigenvalue weighted by molar-refractivity contribution is 5.87. The molecule has 0 bridgehead atoms. The largest absolute Gasteiger partial charge is 0.464 e. The Balaban J connectivity index is 2.03. The summed E-state index contributed by atoms with van der Waals surface area (Å²) in [5.74, 6) is -0.0449. The molecule has 0 radical (unpaired) electrons. The third-order valence-electron chi connectivity index (χ3n) is 2.31. The number of carbonyl (C=O) groups excluding carboxylic acids is 1. The lowest BCUT2D eigenvalue weighted by molar-refractivity contribution is 0.0593. The van der Waals surface area contributed by atoms with Crippen molar-refractivity contribution < 1.29 is 9.53 Å². The summed E-state index contributed by atoms with van der Waals surface area (Å²) in [6, 6.07) is 0. The molecule has 0 aliphatic carbocycles. The van der Waals surface area contributed by atoms with Gasteiger partial charge < -0.3 is 10.1 Å². The molecule has 0 fully saturated rings. The summed E-state index contributed by atoms with van der Waals surface area (Å²) in [7, 11) is 1.30. The van der Waals surface area contributed by atoms with Crippen LogP contribution in [0.4, 0.5) is 5.82 Å². The molecule has 7 nitrogen and oxygen atoms in total. The van der Waals surface area contributed by atoms with Crippen LogP contribution in [0.15, 0.2) is 24.8 Å². The first-order valence-corrected chi connectivity index (χ1v) is 5.61. The zero-order valence-electron chi connectivity index (χ0n) is 10.6. The van der Waals surface area contributed by atoms with Crippen LogP contribution in [-0.2, 0) is 11.3 Å². The smallest absolute Gasteiger partial charge is 0.358 e. The monoisotopic (exact) mass is 259 g/mol. The van der Waals surface area contributed by atoms with Gasteiger partial charge in [-0.2, -0.15) is 0 Å². The van der Waals surface area contributed by atoms with E-state index < -0.39 is 5.97 Å². The zero-order chi connectivity index (χ0) is 13.7. The SMILES string of the molecule is COC(=O)c1cncc(NCc2cnc(C)cn2)n1. The number of methoxy groups -OCH3 is 1. The number of aromatic nitrogens is 4. The lowest BCUT2D eigenvalue weighted by atomic mass is 10.4. The van der Waals surface area contributed by atoms with Gasteiger partial charge in [0, 0.05) is 6.20 Å². The van der Waals surface area contributed by atoms with E-state index in [1.54, 1.807) is 12.4 Å². The molecule has 0 spiro atoms. The maximum Gasteiger partial charge on any atom is 0.358 e. The van der Waals surface area contributed by atoms with Crippen LogP contribution in [0, 0.1) is 6.92 Å². The van der Waals surface area contributed by atoms with Gasteiger partial charge in [-0.05, 0) is 6.92 Å². The normalized spacial score (nSPS) is 10.0. The van der Waals surface area contributed by atoms with Crippen molar-refractivity contribution in [3.05, 3.63) is 41.9 Å². The molecule has 0 atom stereocenters. The molecule has 1 N–H and O–H groups in total. The number of hydrogen-bond donors (Lipinski definition) is 1. The fourth-order valence-corrected chi connectivity index (χ4v) is 1.35. The third-order valence-corrected chi connectivity index (χ3v) is 2.31. The van der Waals surface area contributed by atoms with Gasteiger partial charge >= 0.3 is 5.97 Å². The van der Waals surface area contributed by atoms with E-state index in [4.69, 9.17) is 0 Å². The topological polar surface area (TPSA) is 89.9 Å². The average Bonchev–Trinajstić information content (AvgIpc) is 2.46. The molecule has 0 amide bonds. The van der Waals surface area contributed by atoms with Gasteiger partial charge in [0.2, 0.25) is 0 Å². The van der Waals surface area contributed by atoms with E-state index in [2.05, 4.69) is 30.0 Å². The number of nitrogens with one attached hydrogen (secondary N) is 1. The Hall–Kier alpha value is -2.57. The van der Waals surface area contributed by atoms with Crippen molar-refractivity contribution in [3.63, 3.8) is 0 Å². The Kier molecular flexibility index (Phi) is 3.97. The minimum Gasteiger partial charge on any atom is -0.464 e. The number of nitrogens with zero attached hydrogens (tertiary/aromatic N) is 4. The highest BCUT2D eigenvalue weighted by Crippen LogP contribution is 2.05. The lowest BCUT2D eigenvalue weighted by Crippen LogP contribution is -2.09. The Labute approximate surface area is 110 Å². The molecular formula is C12H13N5O2. The Morgan fingerprint density at radius 1 is 1.26 bits per heavy atom. The van der Waals surface area contributed by atoms with Crippen LogP contribution in [0.25, 0.3) is 0 Å². The maximum absolute atomic E-state index is 11.3. The van der Waals surface area contributed by atoms with Crippen molar-refractivity contribution in [2.24, 2.45) is 0 Å². The lowest BCUT2D eigenvalue weighted by Gasteiger charge is -2.05. The van der Waals surface area contributed by atoms with Gasteiger partial charge in [0.05, 0.1) is 43.6 Å². The molecule has 19 heavy (non-hydrogen) atoms. The summed E-state index contributed by atoms with van der Waals surface area (Å²) in [5, 5.41) is 3.02. The van der Waals surface area contributed by atoms with E-state index >= 15 is 0 Å². The quantitative estimate of drug-likeness (QED) is 0.818. The molecule has 0 saturated carbocycles. The molecule has 0 saturated heterocycles. The maximum atomic E-state index is 11.3. The van der Waals surface area contributed by atoms with Crippen molar-refractivity contribution in [2.45, 2.75) is 13.5 Å². The first kappa shape index (κ1) is 12.9. The number of esters is 1. The highest BCUT2D eigenvalue weighted by atomic mass is 16.5. The van der Waals surface area contributed by atoms with E-state index in [1.807, 2.05) is 6.92 Å². The predicted molar refractivity (Wildman–Crippen MR) is 67.5 cm³/mol. The second kappa shape index (κ2) is 5.85. The van der Waals surface area contributed by atoms with Gasteiger partial charge in [0.25, 0.3) is 0 Å². The fourth-order valence-electron chi connectivity index (χ4n) is 1.35. The second-order valence-corrected chi connectivity index (χ2v) is 3.78. The second-order valence-electron chi connectivity index (χ2n) is 3.78. The van der Waals surface area contributed by atoms with E-state index in [0.717, 1.165) is 11.4 Å². The first-order valence-electron chi connectivity index (χ1n) is 5.61. The summed E-state index contributed by atoms with van der Waals surface area (Å²) in [6.07, 6.45) is 6.24. The molecule has 98 valence electrons. The van der Waals surface area contributed by atoms with Gasteiger partial charge in [-0.1, -0.05) is 0 Å². The molecule has 2 aromatic rings. The van der Waals surface area contributed by atoms with E-state index in [9.17, 15) is 4.79 Å². The van der Waals surface area contributed by atoms with Gasteiger partial charge in [-0.15, -0.1) is 0 Å². The van der Waals surface area contributed by atoms with Gasteiger partial charge in [-0.3, -0.25) is 15.0 Å². The summed E-state index contributed by atoms with van der Waals surface area (Å²) in [5.41, 5.74) is 1.79. The Bertz CT molecular complexity index is 571. The number of rotatable bonds is 4. The molecular weight excluding hydrogens is 246 g/mol. The molecule has 7 heteroatoms. The molecule has 0 aliphatic heterocycles. The molecule has 0 aromatic carbocycles. The number of anilines is 1. The van der Waals surface area contributed by atoms with Crippen molar-refractivity contribution >= 4 is 11.8 Å². The van der Waals surface area contributed by atoms with Crippen LogP contribution in [0.3, 0.4) is 0 Å². The predicted octanol–water partition coefficient (Wildman–Crippen LogP) is 0.974. The third kappa shape index (κ3) is 3.44. The zero-order valence-corrected chi connectivity index (χ0v) is 10.6. The number of carbonyl (C=O) groups is 1.